The summed E-state index contributed by atoms with van der Waals surface area (Å²) in [6.07, 6.45) is 0.321. The number of rotatable bonds is 5. The minimum absolute atomic E-state index is 0.182. The predicted molar refractivity (Wildman–Crippen MR) is 99.0 cm³/mol. The molecule has 1 atom stereocenters. The van der Waals surface area contributed by atoms with Crippen LogP contribution in [0.15, 0.2) is 54.6 Å². The second-order valence-electron chi connectivity index (χ2n) is 6.21. The second-order valence-corrected chi connectivity index (χ2v) is 6.21. The molecule has 1 aliphatic rings. The van der Waals surface area contributed by atoms with Crippen molar-refractivity contribution in [1.82, 2.24) is 15.8 Å². The van der Waals surface area contributed by atoms with E-state index in [-0.39, 0.29) is 11.1 Å². The van der Waals surface area contributed by atoms with Crippen LogP contribution in [-0.2, 0) is 15.1 Å². The Morgan fingerprint density at radius 3 is 2.21 bits per heavy atom. The number of hydrazine groups is 1. The molecular weight excluding hydrogens is 362 g/mol. The monoisotopic (exact) mass is 381 g/mol. The number of methoxy groups -OCH3 is 1. The number of benzene rings is 2. The number of amides is 4. The van der Waals surface area contributed by atoms with E-state index >= 15 is 0 Å². The third-order valence-electron chi connectivity index (χ3n) is 4.67. The minimum atomic E-state index is -1.24. The van der Waals surface area contributed by atoms with E-state index in [1.807, 2.05) is 6.07 Å². The highest BCUT2D eigenvalue weighted by molar-refractivity contribution is 6.09. The maximum atomic E-state index is 13.0. The van der Waals surface area contributed by atoms with Gasteiger partial charge in [-0.2, -0.15) is 5.01 Å². The SMILES string of the molecule is CC[C@@]1(c2ccccc2)NC(=O)N(NC(=O)c2ccc(C(=O)OC)cc2)C1=O. The Hall–Kier alpha value is -3.68. The molecule has 0 saturated carbocycles. The lowest BCUT2D eigenvalue weighted by Gasteiger charge is -2.25. The fourth-order valence-corrected chi connectivity index (χ4v) is 3.08. The second kappa shape index (κ2) is 7.51. The van der Waals surface area contributed by atoms with Crippen molar-refractivity contribution in [1.29, 1.82) is 0 Å². The number of nitrogens with zero attached hydrogens (tertiary/aromatic N) is 1. The number of urea groups is 1. The summed E-state index contributed by atoms with van der Waals surface area (Å²) in [7, 11) is 1.26. The average Bonchev–Trinajstić information content (AvgIpc) is 2.99. The van der Waals surface area contributed by atoms with Gasteiger partial charge in [0.1, 0.15) is 5.54 Å². The molecule has 1 aliphatic heterocycles. The van der Waals surface area contributed by atoms with Gasteiger partial charge >= 0.3 is 12.0 Å². The highest BCUT2D eigenvalue weighted by atomic mass is 16.5. The number of ether oxygens (including phenoxy) is 1. The molecule has 0 aromatic heterocycles. The molecule has 1 heterocycles. The van der Waals surface area contributed by atoms with Gasteiger partial charge < -0.3 is 10.1 Å². The Bertz CT molecular complexity index is 927. The van der Waals surface area contributed by atoms with Crippen LogP contribution in [0.3, 0.4) is 0 Å². The Labute approximate surface area is 161 Å². The summed E-state index contributed by atoms with van der Waals surface area (Å²) in [4.78, 5) is 49.3. The van der Waals surface area contributed by atoms with Gasteiger partial charge in [0.25, 0.3) is 11.8 Å². The van der Waals surface area contributed by atoms with Gasteiger partial charge in [0.15, 0.2) is 0 Å². The molecule has 0 unspecified atom stereocenters. The molecule has 144 valence electrons. The molecule has 8 nitrogen and oxygen atoms in total. The van der Waals surface area contributed by atoms with Gasteiger partial charge in [-0.1, -0.05) is 37.3 Å². The van der Waals surface area contributed by atoms with E-state index in [9.17, 15) is 19.2 Å². The van der Waals surface area contributed by atoms with Crippen LogP contribution >= 0.6 is 0 Å². The van der Waals surface area contributed by atoms with Crippen LogP contribution in [0.2, 0.25) is 0 Å². The Morgan fingerprint density at radius 1 is 1.04 bits per heavy atom. The number of hydrogen-bond acceptors (Lipinski definition) is 5. The molecule has 4 amide bonds. The molecular formula is C20H19N3O5. The van der Waals surface area contributed by atoms with Crippen molar-refractivity contribution < 1.29 is 23.9 Å². The molecule has 1 fully saturated rings. The van der Waals surface area contributed by atoms with Crippen molar-refractivity contribution in [2.45, 2.75) is 18.9 Å². The molecule has 28 heavy (non-hydrogen) atoms. The first kappa shape index (κ1) is 19.1. The van der Waals surface area contributed by atoms with Crippen molar-refractivity contribution >= 4 is 23.8 Å². The highest BCUT2D eigenvalue weighted by Gasteiger charge is 2.52. The van der Waals surface area contributed by atoms with Gasteiger partial charge in [0, 0.05) is 5.56 Å². The molecule has 0 spiro atoms. The summed E-state index contributed by atoms with van der Waals surface area (Å²) >= 11 is 0. The number of carbonyl (C=O) groups excluding carboxylic acids is 4. The zero-order valence-electron chi connectivity index (χ0n) is 15.4. The van der Waals surface area contributed by atoms with E-state index in [1.165, 1.54) is 31.4 Å². The van der Waals surface area contributed by atoms with Gasteiger partial charge in [-0.05, 0) is 36.2 Å². The Kier molecular flexibility index (Phi) is 5.12. The normalized spacial score (nSPS) is 18.6. The lowest BCUT2D eigenvalue weighted by molar-refractivity contribution is -0.133. The standard InChI is InChI=1S/C20H19N3O5/c1-3-20(15-7-5-4-6-8-15)18(26)23(19(27)21-20)22-16(24)13-9-11-14(12-10-13)17(25)28-2/h4-12H,3H2,1-2H3,(H,21,27)(H,22,24)/t20-/m0/s1. The molecule has 0 radical (unpaired) electrons. The third kappa shape index (κ3) is 3.20. The molecule has 3 rings (SSSR count). The van der Waals surface area contributed by atoms with Gasteiger partial charge in [-0.3, -0.25) is 15.0 Å². The minimum Gasteiger partial charge on any atom is -0.465 e. The van der Waals surface area contributed by atoms with E-state index in [0.29, 0.717) is 17.0 Å². The van der Waals surface area contributed by atoms with Gasteiger partial charge in [0.2, 0.25) is 0 Å². The van der Waals surface area contributed by atoms with Crippen LogP contribution in [-0.4, -0.2) is 35.9 Å². The molecule has 0 bridgehead atoms. The van der Waals surface area contributed by atoms with Crippen LogP contribution in [0, 0.1) is 0 Å². The summed E-state index contributed by atoms with van der Waals surface area (Å²) in [5.74, 6) is -1.75. The smallest absolute Gasteiger partial charge is 0.344 e. The van der Waals surface area contributed by atoms with Crippen LogP contribution in [0.1, 0.15) is 39.6 Å². The van der Waals surface area contributed by atoms with E-state index in [4.69, 9.17) is 0 Å². The first-order valence-electron chi connectivity index (χ1n) is 8.64. The van der Waals surface area contributed by atoms with Crippen molar-refractivity contribution in [3.05, 3.63) is 71.3 Å². The molecule has 2 aromatic rings. The number of nitrogens with one attached hydrogen (secondary N) is 2. The topological polar surface area (TPSA) is 105 Å². The van der Waals surface area contributed by atoms with Crippen LogP contribution in [0.4, 0.5) is 4.79 Å². The first-order valence-corrected chi connectivity index (χ1v) is 8.64. The third-order valence-corrected chi connectivity index (χ3v) is 4.67. The quantitative estimate of drug-likeness (QED) is 0.609. The lowest BCUT2D eigenvalue weighted by Crippen LogP contribution is -2.48. The number of hydrogen-bond donors (Lipinski definition) is 2. The Morgan fingerprint density at radius 2 is 1.64 bits per heavy atom. The fourth-order valence-electron chi connectivity index (χ4n) is 3.08. The molecule has 1 saturated heterocycles. The molecule has 0 aliphatic carbocycles. The number of imide groups is 1. The largest absolute Gasteiger partial charge is 0.465 e. The number of esters is 1. The van der Waals surface area contributed by atoms with Crippen molar-refractivity contribution in [3.8, 4) is 0 Å². The zero-order valence-corrected chi connectivity index (χ0v) is 15.4. The fraction of sp³-hybridized carbons (Fsp3) is 0.200. The van der Waals surface area contributed by atoms with Gasteiger partial charge in [0.05, 0.1) is 12.7 Å². The molecule has 2 N–H and O–H groups in total. The van der Waals surface area contributed by atoms with E-state index in [2.05, 4.69) is 15.5 Å². The summed E-state index contributed by atoms with van der Waals surface area (Å²) in [5, 5.41) is 3.37. The van der Waals surface area contributed by atoms with Crippen LogP contribution < -0.4 is 10.7 Å². The van der Waals surface area contributed by atoms with E-state index in [0.717, 1.165) is 0 Å². The molecule has 2 aromatic carbocycles. The van der Waals surface area contributed by atoms with Gasteiger partial charge in [-0.15, -0.1) is 0 Å². The van der Waals surface area contributed by atoms with Crippen molar-refractivity contribution in [2.24, 2.45) is 0 Å². The van der Waals surface area contributed by atoms with Crippen molar-refractivity contribution in [3.63, 3.8) is 0 Å². The summed E-state index contributed by atoms with van der Waals surface area (Å²) < 4.78 is 4.60. The maximum Gasteiger partial charge on any atom is 0.344 e. The summed E-state index contributed by atoms with van der Waals surface area (Å²) in [6, 6.07) is 13.8. The summed E-state index contributed by atoms with van der Waals surface area (Å²) in [6.45, 7) is 1.78. The average molecular weight is 381 g/mol. The molecule has 8 heteroatoms. The van der Waals surface area contributed by atoms with Crippen molar-refractivity contribution in [2.75, 3.05) is 7.11 Å². The van der Waals surface area contributed by atoms with Crippen LogP contribution in [0.5, 0.6) is 0 Å². The first-order chi connectivity index (χ1) is 13.4. The zero-order chi connectivity index (χ0) is 20.3. The van der Waals surface area contributed by atoms with Gasteiger partial charge in [-0.25, -0.2) is 9.59 Å². The lowest BCUT2D eigenvalue weighted by atomic mass is 9.87. The maximum absolute atomic E-state index is 13.0. The number of carbonyl (C=O) groups is 4. The highest BCUT2D eigenvalue weighted by Crippen LogP contribution is 2.31. The van der Waals surface area contributed by atoms with Crippen LogP contribution in [0.25, 0.3) is 0 Å². The summed E-state index contributed by atoms with van der Waals surface area (Å²) in [5.41, 5.74) is 2.19. The Balaban J connectivity index is 1.81. The van der Waals surface area contributed by atoms with E-state index < -0.39 is 29.4 Å². The van der Waals surface area contributed by atoms with E-state index in [1.54, 1.807) is 31.2 Å². The predicted octanol–water partition coefficient (Wildman–Crippen LogP) is 1.98.